The van der Waals surface area contributed by atoms with Gasteiger partial charge in [-0.1, -0.05) is 78.9 Å². The van der Waals surface area contributed by atoms with E-state index in [1.54, 1.807) is 4.68 Å². The maximum absolute atomic E-state index is 10.8. The lowest BCUT2D eigenvalue weighted by Crippen LogP contribution is -2.05. The Bertz CT molecular complexity index is 1110. The number of carbonyl (C=O) groups is 1. The fraction of sp³-hybridized carbons (Fsp3) is 0.130. The molecular weight excluding hydrogens is 364 g/mol. The van der Waals surface area contributed by atoms with Crippen LogP contribution in [-0.2, 0) is 17.8 Å². The van der Waals surface area contributed by atoms with Crippen LogP contribution in [-0.4, -0.2) is 31.3 Å². The van der Waals surface area contributed by atoms with Crippen LogP contribution < -0.4 is 0 Å². The summed E-state index contributed by atoms with van der Waals surface area (Å²) >= 11 is 0. The van der Waals surface area contributed by atoms with Gasteiger partial charge in [-0.25, -0.2) is 4.68 Å². The molecule has 0 fully saturated rings. The smallest absolute Gasteiger partial charge is 0.303 e. The van der Waals surface area contributed by atoms with Gasteiger partial charge in [0.2, 0.25) is 0 Å². The van der Waals surface area contributed by atoms with E-state index < -0.39 is 5.97 Å². The molecule has 0 amide bonds. The number of hydrogen-bond donors (Lipinski definition) is 1. The number of aliphatic carboxylic acids is 1. The molecule has 1 heterocycles. The Kier molecular flexibility index (Phi) is 5.42. The van der Waals surface area contributed by atoms with E-state index >= 15 is 0 Å². The Morgan fingerprint density at radius 1 is 0.828 bits per heavy atom. The highest BCUT2D eigenvalue weighted by Gasteiger charge is 2.14. The minimum atomic E-state index is -0.787. The van der Waals surface area contributed by atoms with Gasteiger partial charge in [-0.05, 0) is 39.1 Å². The molecule has 0 unspecified atom stereocenters. The van der Waals surface area contributed by atoms with Crippen molar-refractivity contribution < 1.29 is 9.90 Å². The number of nitrogens with zero attached hydrogens (tertiary/aromatic N) is 4. The number of carboxylic acids is 1. The van der Waals surface area contributed by atoms with Gasteiger partial charge in [0.15, 0.2) is 5.82 Å². The largest absolute Gasteiger partial charge is 0.481 e. The Hall–Kier alpha value is -3.80. The predicted octanol–water partition coefficient (Wildman–Crippen LogP) is 4.07. The minimum absolute atomic E-state index is 0.129. The van der Waals surface area contributed by atoms with Gasteiger partial charge in [0, 0.05) is 12.0 Å². The zero-order chi connectivity index (χ0) is 20.1. The van der Waals surface area contributed by atoms with Crippen molar-refractivity contribution in [2.45, 2.75) is 19.4 Å². The van der Waals surface area contributed by atoms with E-state index in [-0.39, 0.29) is 6.42 Å². The van der Waals surface area contributed by atoms with Crippen molar-refractivity contribution in [2.24, 2.45) is 0 Å². The summed E-state index contributed by atoms with van der Waals surface area (Å²) in [6.07, 6.45) is 0.650. The molecule has 144 valence electrons. The Morgan fingerprint density at radius 3 is 2.24 bits per heavy atom. The minimum Gasteiger partial charge on any atom is -0.481 e. The van der Waals surface area contributed by atoms with Gasteiger partial charge in [-0.2, -0.15) is 0 Å². The number of carboxylic acid groups (broad SMARTS) is 1. The number of rotatable bonds is 7. The van der Waals surface area contributed by atoms with Crippen LogP contribution >= 0.6 is 0 Å². The maximum atomic E-state index is 10.8. The molecule has 0 saturated carbocycles. The summed E-state index contributed by atoms with van der Waals surface area (Å²) < 4.78 is 1.80. The molecule has 29 heavy (non-hydrogen) atoms. The van der Waals surface area contributed by atoms with Crippen LogP contribution in [0.15, 0.2) is 78.9 Å². The first kappa shape index (κ1) is 18.6. The average molecular weight is 384 g/mol. The topological polar surface area (TPSA) is 80.9 Å². The standard InChI is InChI=1S/C23H20N4O2/c28-22(29)15-12-17-10-13-19(14-11-17)20-8-4-5-9-21(20)23-24-25-26-27(23)16-18-6-2-1-3-7-18/h1-11,13-14H,12,15-16H2,(H,28,29). The van der Waals surface area contributed by atoms with E-state index in [1.165, 1.54) is 0 Å². The summed E-state index contributed by atoms with van der Waals surface area (Å²) in [6, 6.07) is 26.1. The monoisotopic (exact) mass is 384 g/mol. The van der Waals surface area contributed by atoms with Crippen LogP contribution in [0.25, 0.3) is 22.5 Å². The molecule has 0 bridgehead atoms. The van der Waals surface area contributed by atoms with E-state index in [1.807, 2.05) is 78.9 Å². The fourth-order valence-electron chi connectivity index (χ4n) is 3.29. The van der Waals surface area contributed by atoms with Crippen molar-refractivity contribution in [3.05, 3.63) is 90.0 Å². The average Bonchev–Trinajstić information content (AvgIpc) is 3.21. The normalized spacial score (nSPS) is 10.8. The van der Waals surface area contributed by atoms with Crippen LogP contribution in [0.3, 0.4) is 0 Å². The molecule has 0 saturated heterocycles. The van der Waals surface area contributed by atoms with Gasteiger partial charge in [-0.3, -0.25) is 4.79 Å². The lowest BCUT2D eigenvalue weighted by Gasteiger charge is -2.11. The first-order valence-electron chi connectivity index (χ1n) is 9.41. The molecule has 0 radical (unpaired) electrons. The molecule has 1 N–H and O–H groups in total. The molecule has 4 rings (SSSR count). The van der Waals surface area contributed by atoms with Crippen LogP contribution in [0.4, 0.5) is 0 Å². The highest BCUT2D eigenvalue weighted by atomic mass is 16.4. The Labute approximate surface area is 168 Å². The number of aromatic nitrogens is 4. The molecule has 4 aromatic rings. The van der Waals surface area contributed by atoms with Crippen molar-refractivity contribution in [3.8, 4) is 22.5 Å². The molecule has 0 atom stereocenters. The SMILES string of the molecule is O=C(O)CCc1ccc(-c2ccccc2-c2nnnn2Cc2ccccc2)cc1. The van der Waals surface area contributed by atoms with Crippen molar-refractivity contribution >= 4 is 5.97 Å². The van der Waals surface area contributed by atoms with Gasteiger partial charge in [0.05, 0.1) is 6.54 Å². The summed E-state index contributed by atoms with van der Waals surface area (Å²) in [4.78, 5) is 10.8. The highest BCUT2D eigenvalue weighted by Crippen LogP contribution is 2.31. The second-order valence-electron chi connectivity index (χ2n) is 6.78. The molecule has 0 aliphatic heterocycles. The number of hydrogen-bond acceptors (Lipinski definition) is 4. The number of benzene rings is 3. The summed E-state index contributed by atoms with van der Waals surface area (Å²) in [5, 5.41) is 21.2. The zero-order valence-corrected chi connectivity index (χ0v) is 15.8. The van der Waals surface area contributed by atoms with Crippen LogP contribution in [0.5, 0.6) is 0 Å². The lowest BCUT2D eigenvalue weighted by atomic mass is 9.97. The van der Waals surface area contributed by atoms with Gasteiger partial charge < -0.3 is 5.11 Å². The summed E-state index contributed by atoms with van der Waals surface area (Å²) in [5.41, 5.74) is 5.14. The first-order valence-corrected chi connectivity index (χ1v) is 9.41. The van der Waals surface area contributed by atoms with Gasteiger partial charge in [0.1, 0.15) is 0 Å². The molecule has 0 aliphatic rings. The van der Waals surface area contributed by atoms with Gasteiger partial charge in [-0.15, -0.1) is 5.10 Å². The van der Waals surface area contributed by atoms with Crippen molar-refractivity contribution in [1.82, 2.24) is 20.2 Å². The Morgan fingerprint density at radius 2 is 1.52 bits per heavy atom. The zero-order valence-electron chi connectivity index (χ0n) is 15.8. The maximum Gasteiger partial charge on any atom is 0.303 e. The summed E-state index contributed by atoms with van der Waals surface area (Å²) in [6.45, 7) is 0.589. The van der Waals surface area contributed by atoms with Crippen molar-refractivity contribution in [1.29, 1.82) is 0 Å². The van der Waals surface area contributed by atoms with E-state index in [0.29, 0.717) is 18.8 Å². The van der Waals surface area contributed by atoms with Crippen molar-refractivity contribution in [3.63, 3.8) is 0 Å². The first-order chi connectivity index (χ1) is 14.2. The molecule has 6 heteroatoms. The second kappa shape index (κ2) is 8.48. The number of aryl methyl sites for hydroxylation is 1. The third-order valence-electron chi connectivity index (χ3n) is 4.77. The predicted molar refractivity (Wildman–Crippen MR) is 110 cm³/mol. The van der Waals surface area contributed by atoms with Gasteiger partial charge >= 0.3 is 5.97 Å². The molecule has 0 spiro atoms. The third kappa shape index (κ3) is 4.38. The molecule has 6 nitrogen and oxygen atoms in total. The van der Waals surface area contributed by atoms with Crippen LogP contribution in [0, 0.1) is 0 Å². The molecule has 1 aromatic heterocycles. The quantitative estimate of drug-likeness (QED) is 0.519. The molecule has 3 aromatic carbocycles. The highest BCUT2D eigenvalue weighted by molar-refractivity contribution is 5.80. The Balaban J connectivity index is 1.65. The molecule has 0 aliphatic carbocycles. The molecular formula is C23H20N4O2. The van der Waals surface area contributed by atoms with Crippen LogP contribution in [0.1, 0.15) is 17.5 Å². The van der Waals surface area contributed by atoms with E-state index in [4.69, 9.17) is 5.11 Å². The summed E-state index contributed by atoms with van der Waals surface area (Å²) in [5.74, 6) is -0.0796. The number of tetrazole rings is 1. The summed E-state index contributed by atoms with van der Waals surface area (Å²) in [7, 11) is 0. The van der Waals surface area contributed by atoms with Crippen LogP contribution in [0.2, 0.25) is 0 Å². The third-order valence-corrected chi connectivity index (χ3v) is 4.77. The van der Waals surface area contributed by atoms with E-state index in [0.717, 1.165) is 27.8 Å². The van der Waals surface area contributed by atoms with E-state index in [2.05, 4.69) is 15.5 Å². The van der Waals surface area contributed by atoms with Gasteiger partial charge in [0.25, 0.3) is 0 Å². The second-order valence-corrected chi connectivity index (χ2v) is 6.78. The van der Waals surface area contributed by atoms with Crippen molar-refractivity contribution in [2.75, 3.05) is 0 Å². The lowest BCUT2D eigenvalue weighted by molar-refractivity contribution is -0.136. The fourth-order valence-corrected chi connectivity index (χ4v) is 3.29. The van der Waals surface area contributed by atoms with E-state index in [9.17, 15) is 4.79 Å².